The molecular weight excluding hydrogens is 404 g/mol. The second kappa shape index (κ2) is 10.8. The van der Waals surface area contributed by atoms with Gasteiger partial charge in [-0.3, -0.25) is 4.90 Å². The molecule has 1 aliphatic heterocycles. The zero-order chi connectivity index (χ0) is 21.5. The van der Waals surface area contributed by atoms with Crippen LogP contribution in [-0.2, 0) is 13.1 Å². The van der Waals surface area contributed by atoms with E-state index < -0.39 is 11.6 Å². The summed E-state index contributed by atoms with van der Waals surface area (Å²) in [6.07, 6.45) is 1.95. The highest BCUT2D eigenvalue weighted by atomic mass is 32.1. The van der Waals surface area contributed by atoms with E-state index in [9.17, 15) is 8.78 Å². The summed E-state index contributed by atoms with van der Waals surface area (Å²) in [5.74, 6) is -0.322. The van der Waals surface area contributed by atoms with E-state index in [2.05, 4.69) is 46.7 Å². The Morgan fingerprint density at radius 2 is 2.03 bits per heavy atom. The first-order chi connectivity index (χ1) is 14.4. The highest BCUT2D eigenvalue weighted by Gasteiger charge is 2.20. The number of nitrogens with one attached hydrogen (secondary N) is 2. The molecule has 0 atom stereocenters. The summed E-state index contributed by atoms with van der Waals surface area (Å²) in [5.41, 5.74) is 1.81. The fourth-order valence-electron chi connectivity index (χ4n) is 3.47. The predicted octanol–water partition coefficient (Wildman–Crippen LogP) is 4.26. The van der Waals surface area contributed by atoms with E-state index in [1.165, 1.54) is 12.1 Å². The number of hydrogen-bond acceptors (Lipinski definition) is 4. The third-order valence-corrected chi connectivity index (χ3v) is 6.32. The van der Waals surface area contributed by atoms with Gasteiger partial charge in [0.25, 0.3) is 0 Å². The fourth-order valence-corrected chi connectivity index (χ4v) is 4.29. The number of guanidine groups is 1. The van der Waals surface area contributed by atoms with Crippen molar-refractivity contribution in [2.75, 3.05) is 19.6 Å². The molecule has 1 aromatic heterocycles. The Kier molecular flexibility index (Phi) is 8.16. The Balaban J connectivity index is 1.49. The normalized spacial score (nSPS) is 16.3. The Labute approximate surface area is 181 Å². The molecule has 0 aliphatic carbocycles. The van der Waals surface area contributed by atoms with Gasteiger partial charge in [-0.25, -0.2) is 18.8 Å². The summed E-state index contributed by atoms with van der Waals surface area (Å²) >= 11 is 1.69. The molecule has 1 saturated heterocycles. The van der Waals surface area contributed by atoms with Crippen molar-refractivity contribution >= 4 is 17.3 Å². The van der Waals surface area contributed by atoms with Gasteiger partial charge in [0.2, 0.25) is 0 Å². The molecular formula is C22H31F2N5S. The van der Waals surface area contributed by atoms with Crippen LogP contribution in [0.1, 0.15) is 55.8 Å². The minimum absolute atomic E-state index is 0.339. The highest BCUT2D eigenvalue weighted by Crippen LogP contribution is 2.20. The van der Waals surface area contributed by atoms with Gasteiger partial charge in [0.15, 0.2) is 17.6 Å². The molecule has 164 valence electrons. The fraction of sp³-hybridized carbons (Fsp3) is 0.545. The molecule has 2 aromatic rings. The molecule has 5 nitrogen and oxygen atoms in total. The molecule has 0 unspecified atom stereocenters. The van der Waals surface area contributed by atoms with E-state index in [4.69, 9.17) is 4.99 Å². The first kappa shape index (κ1) is 22.6. The zero-order valence-corrected chi connectivity index (χ0v) is 18.7. The van der Waals surface area contributed by atoms with Crippen molar-refractivity contribution in [3.8, 4) is 0 Å². The molecule has 0 saturated carbocycles. The largest absolute Gasteiger partial charge is 0.357 e. The van der Waals surface area contributed by atoms with Gasteiger partial charge < -0.3 is 10.6 Å². The number of benzene rings is 1. The number of nitrogens with zero attached hydrogens (tertiary/aromatic N) is 3. The number of rotatable bonds is 7. The minimum Gasteiger partial charge on any atom is -0.357 e. The van der Waals surface area contributed by atoms with Crippen molar-refractivity contribution in [2.45, 2.75) is 58.7 Å². The smallest absolute Gasteiger partial charge is 0.191 e. The highest BCUT2D eigenvalue weighted by molar-refractivity contribution is 7.09. The van der Waals surface area contributed by atoms with Crippen molar-refractivity contribution in [3.05, 3.63) is 51.5 Å². The van der Waals surface area contributed by atoms with E-state index >= 15 is 0 Å². The van der Waals surface area contributed by atoms with Crippen molar-refractivity contribution in [2.24, 2.45) is 4.99 Å². The molecule has 2 heterocycles. The first-order valence-electron chi connectivity index (χ1n) is 10.6. The van der Waals surface area contributed by atoms with Crippen LogP contribution in [-0.4, -0.2) is 41.5 Å². The van der Waals surface area contributed by atoms with E-state index in [0.717, 1.165) is 54.7 Å². The molecule has 1 aromatic carbocycles. The second-order valence-electron chi connectivity index (χ2n) is 7.97. The molecule has 30 heavy (non-hydrogen) atoms. The van der Waals surface area contributed by atoms with Gasteiger partial charge in [0.1, 0.15) is 0 Å². The minimum atomic E-state index is -0.796. The molecule has 0 bridgehead atoms. The van der Waals surface area contributed by atoms with Crippen LogP contribution in [0.2, 0.25) is 0 Å². The molecule has 0 amide bonds. The number of aromatic nitrogens is 1. The van der Waals surface area contributed by atoms with Gasteiger partial charge in [-0.1, -0.05) is 19.9 Å². The molecule has 8 heteroatoms. The Morgan fingerprint density at radius 3 is 2.67 bits per heavy atom. The lowest BCUT2D eigenvalue weighted by molar-refractivity contribution is 0.198. The van der Waals surface area contributed by atoms with Gasteiger partial charge >= 0.3 is 0 Å². The summed E-state index contributed by atoms with van der Waals surface area (Å²) < 4.78 is 26.5. The predicted molar refractivity (Wildman–Crippen MR) is 119 cm³/mol. The van der Waals surface area contributed by atoms with Gasteiger partial charge in [-0.2, -0.15) is 0 Å². The van der Waals surface area contributed by atoms with E-state index in [-0.39, 0.29) is 0 Å². The monoisotopic (exact) mass is 435 g/mol. The lowest BCUT2D eigenvalue weighted by Gasteiger charge is -2.33. The third kappa shape index (κ3) is 6.47. The average Bonchev–Trinajstić information content (AvgIpc) is 3.20. The average molecular weight is 436 g/mol. The Hall–Kier alpha value is -2.06. The maximum Gasteiger partial charge on any atom is 0.191 e. The zero-order valence-electron chi connectivity index (χ0n) is 17.9. The van der Waals surface area contributed by atoms with Crippen LogP contribution in [0.5, 0.6) is 0 Å². The van der Waals surface area contributed by atoms with Crippen LogP contribution in [0.15, 0.2) is 28.6 Å². The standard InChI is InChI=1S/C22H31F2N5S/c1-4-25-22(26-12-18-14-30-21(27-18)15(2)3)28-17-7-9-29(10-8-17)13-16-5-6-19(23)20(24)11-16/h5-6,11,14-15,17H,4,7-10,12-13H2,1-3H3,(H2,25,26,28). The lowest BCUT2D eigenvalue weighted by atomic mass is 10.0. The Bertz CT molecular complexity index is 844. The number of hydrogen-bond donors (Lipinski definition) is 2. The van der Waals surface area contributed by atoms with Crippen LogP contribution in [0.4, 0.5) is 8.78 Å². The number of halogens is 2. The van der Waals surface area contributed by atoms with E-state index in [0.29, 0.717) is 25.0 Å². The topological polar surface area (TPSA) is 52.6 Å². The molecule has 3 rings (SSSR count). The summed E-state index contributed by atoms with van der Waals surface area (Å²) in [6.45, 7) is 10.2. The molecule has 0 spiro atoms. The van der Waals surface area contributed by atoms with E-state index in [1.54, 1.807) is 17.4 Å². The molecule has 2 N–H and O–H groups in total. The van der Waals surface area contributed by atoms with Crippen molar-refractivity contribution in [1.29, 1.82) is 0 Å². The van der Waals surface area contributed by atoms with Crippen LogP contribution >= 0.6 is 11.3 Å². The summed E-state index contributed by atoms with van der Waals surface area (Å²) in [5, 5.41) is 10.1. The van der Waals surface area contributed by atoms with E-state index in [1.807, 2.05) is 0 Å². The third-order valence-electron chi connectivity index (χ3n) is 5.13. The van der Waals surface area contributed by atoms with Crippen molar-refractivity contribution in [1.82, 2.24) is 20.5 Å². The van der Waals surface area contributed by atoms with Crippen LogP contribution in [0, 0.1) is 11.6 Å². The number of thiazole rings is 1. The quantitative estimate of drug-likeness (QED) is 0.504. The molecule has 1 fully saturated rings. The van der Waals surface area contributed by atoms with Gasteiger partial charge in [-0.15, -0.1) is 11.3 Å². The van der Waals surface area contributed by atoms with Crippen LogP contribution in [0.3, 0.4) is 0 Å². The summed E-state index contributed by atoms with van der Waals surface area (Å²) in [6, 6.07) is 4.48. The molecule has 1 aliphatic rings. The van der Waals surface area contributed by atoms with Crippen LogP contribution < -0.4 is 10.6 Å². The van der Waals surface area contributed by atoms with Crippen molar-refractivity contribution in [3.63, 3.8) is 0 Å². The summed E-state index contributed by atoms with van der Waals surface area (Å²) in [7, 11) is 0. The SMILES string of the molecule is CCNC(=NCc1csc(C(C)C)n1)NC1CCN(Cc2ccc(F)c(F)c2)CC1. The number of piperidine rings is 1. The summed E-state index contributed by atoms with van der Waals surface area (Å²) in [4.78, 5) is 11.6. The van der Waals surface area contributed by atoms with Crippen LogP contribution in [0.25, 0.3) is 0 Å². The Morgan fingerprint density at radius 1 is 1.27 bits per heavy atom. The number of aliphatic imine (C=N–C) groups is 1. The number of likely N-dealkylation sites (tertiary alicyclic amines) is 1. The maximum absolute atomic E-state index is 13.4. The van der Waals surface area contributed by atoms with Gasteiger partial charge in [0.05, 0.1) is 17.2 Å². The lowest BCUT2D eigenvalue weighted by Crippen LogP contribution is -2.48. The molecule has 0 radical (unpaired) electrons. The first-order valence-corrected chi connectivity index (χ1v) is 11.5. The van der Waals surface area contributed by atoms with Gasteiger partial charge in [0, 0.05) is 43.5 Å². The maximum atomic E-state index is 13.4. The second-order valence-corrected chi connectivity index (χ2v) is 8.86. The van der Waals surface area contributed by atoms with Gasteiger partial charge in [-0.05, 0) is 37.5 Å². The van der Waals surface area contributed by atoms with Crippen molar-refractivity contribution < 1.29 is 8.78 Å².